The van der Waals surface area contributed by atoms with Crippen molar-refractivity contribution in [2.75, 3.05) is 6.61 Å². The molecule has 0 saturated carbocycles. The molecule has 2 rings (SSSR count). The lowest BCUT2D eigenvalue weighted by atomic mass is 9.94. The van der Waals surface area contributed by atoms with Gasteiger partial charge >= 0.3 is 12.0 Å². The van der Waals surface area contributed by atoms with Crippen LogP contribution >= 0.6 is 0 Å². The number of urea groups is 1. The second kappa shape index (κ2) is 8.98. The van der Waals surface area contributed by atoms with Crippen molar-refractivity contribution in [3.63, 3.8) is 0 Å². The third-order valence-electron chi connectivity index (χ3n) is 3.87. The summed E-state index contributed by atoms with van der Waals surface area (Å²) in [6, 6.07) is 6.14. The number of nitrogens with one attached hydrogen (secondary N) is 2. The van der Waals surface area contributed by atoms with Crippen molar-refractivity contribution in [1.82, 2.24) is 15.5 Å². The lowest BCUT2D eigenvalue weighted by Gasteiger charge is -2.32. The molecule has 1 aliphatic rings. The van der Waals surface area contributed by atoms with Gasteiger partial charge in [-0.25, -0.2) is 4.79 Å². The molecule has 1 aliphatic heterocycles. The van der Waals surface area contributed by atoms with Gasteiger partial charge in [0.2, 0.25) is 5.91 Å². The SMILES string of the molecule is CC(=O)N1C=Cc2ccccc2[C@H]1CC(=O)OCC(=O)NC(=O)NC(C)C. The Kier molecular flexibility index (Phi) is 6.70. The van der Waals surface area contributed by atoms with Gasteiger partial charge < -0.3 is 15.0 Å². The van der Waals surface area contributed by atoms with E-state index >= 15 is 0 Å². The first-order valence-electron chi connectivity index (χ1n) is 8.60. The van der Waals surface area contributed by atoms with Crippen molar-refractivity contribution in [3.05, 3.63) is 41.6 Å². The second-order valence-electron chi connectivity index (χ2n) is 6.43. The highest BCUT2D eigenvalue weighted by Crippen LogP contribution is 2.32. The zero-order valence-corrected chi connectivity index (χ0v) is 15.5. The molecule has 8 heteroatoms. The van der Waals surface area contributed by atoms with Crippen LogP contribution in [0.2, 0.25) is 0 Å². The summed E-state index contributed by atoms with van der Waals surface area (Å²) in [5.74, 6) is -1.58. The van der Waals surface area contributed by atoms with Crippen molar-refractivity contribution in [2.24, 2.45) is 0 Å². The van der Waals surface area contributed by atoms with Crippen LogP contribution in [0, 0.1) is 0 Å². The van der Waals surface area contributed by atoms with Crippen LogP contribution < -0.4 is 10.6 Å². The number of amides is 4. The van der Waals surface area contributed by atoms with Gasteiger partial charge in [-0.2, -0.15) is 0 Å². The van der Waals surface area contributed by atoms with Gasteiger partial charge in [-0.1, -0.05) is 24.3 Å². The van der Waals surface area contributed by atoms with Crippen molar-refractivity contribution >= 4 is 29.9 Å². The number of imide groups is 1. The van der Waals surface area contributed by atoms with Crippen LogP contribution in [0.4, 0.5) is 4.79 Å². The topological polar surface area (TPSA) is 105 Å². The Hall–Kier alpha value is -3.16. The van der Waals surface area contributed by atoms with E-state index in [9.17, 15) is 19.2 Å². The van der Waals surface area contributed by atoms with Gasteiger partial charge in [0.1, 0.15) is 0 Å². The molecule has 27 heavy (non-hydrogen) atoms. The largest absolute Gasteiger partial charge is 0.455 e. The first kappa shape index (κ1) is 20.2. The molecular weight excluding hydrogens is 350 g/mol. The number of nitrogens with zero attached hydrogens (tertiary/aromatic N) is 1. The van der Waals surface area contributed by atoms with E-state index in [1.165, 1.54) is 11.8 Å². The summed E-state index contributed by atoms with van der Waals surface area (Å²) in [5, 5.41) is 4.56. The van der Waals surface area contributed by atoms with Gasteiger partial charge in [-0.05, 0) is 31.1 Å². The molecule has 2 N–H and O–H groups in total. The number of benzene rings is 1. The molecule has 0 aliphatic carbocycles. The Morgan fingerprint density at radius 3 is 2.56 bits per heavy atom. The molecule has 1 aromatic carbocycles. The number of rotatable bonds is 5. The molecule has 8 nitrogen and oxygen atoms in total. The molecule has 0 radical (unpaired) electrons. The number of hydrogen-bond donors (Lipinski definition) is 2. The number of ether oxygens (including phenoxy) is 1. The van der Waals surface area contributed by atoms with Gasteiger partial charge in [0.25, 0.3) is 5.91 Å². The fraction of sp³-hybridized carbons (Fsp3) is 0.368. The Bertz CT molecular complexity index is 772. The standard InChI is InChI=1S/C19H23N3O5/c1-12(2)20-19(26)21-17(24)11-27-18(25)10-16-15-7-5-4-6-14(15)8-9-22(16)13(3)23/h4-9,12,16H,10-11H2,1-3H3,(H2,20,21,24,26)/t16-/m1/s1. The molecule has 4 amide bonds. The molecule has 144 valence electrons. The van der Waals surface area contributed by atoms with Gasteiger partial charge in [-0.15, -0.1) is 0 Å². The number of fused-ring (bicyclic) bond motifs is 1. The fourth-order valence-corrected chi connectivity index (χ4v) is 2.74. The molecule has 0 saturated heterocycles. The number of hydrogen-bond acceptors (Lipinski definition) is 5. The van der Waals surface area contributed by atoms with Crippen molar-refractivity contribution in [3.8, 4) is 0 Å². The second-order valence-corrected chi connectivity index (χ2v) is 6.43. The highest BCUT2D eigenvalue weighted by Gasteiger charge is 2.29. The third kappa shape index (κ3) is 5.67. The highest BCUT2D eigenvalue weighted by molar-refractivity contribution is 5.95. The first-order valence-corrected chi connectivity index (χ1v) is 8.60. The van der Waals surface area contributed by atoms with E-state index in [4.69, 9.17) is 4.74 Å². The lowest BCUT2D eigenvalue weighted by Crippen LogP contribution is -2.44. The summed E-state index contributed by atoms with van der Waals surface area (Å²) < 4.78 is 4.96. The maximum absolute atomic E-state index is 12.2. The molecule has 0 unspecified atom stereocenters. The minimum atomic E-state index is -0.728. The predicted octanol–water partition coefficient (Wildman–Crippen LogP) is 1.73. The summed E-state index contributed by atoms with van der Waals surface area (Å²) >= 11 is 0. The van der Waals surface area contributed by atoms with Crippen LogP contribution in [0.15, 0.2) is 30.5 Å². The number of carbonyl (C=O) groups is 4. The summed E-state index contributed by atoms with van der Waals surface area (Å²) in [7, 11) is 0. The monoisotopic (exact) mass is 373 g/mol. The minimum Gasteiger partial charge on any atom is -0.455 e. The minimum absolute atomic E-state index is 0.105. The zero-order chi connectivity index (χ0) is 20.0. The smallest absolute Gasteiger partial charge is 0.321 e. The normalized spacial score (nSPS) is 15.1. The van der Waals surface area contributed by atoms with Gasteiger partial charge in [0.05, 0.1) is 12.5 Å². The first-order chi connectivity index (χ1) is 12.8. The highest BCUT2D eigenvalue weighted by atomic mass is 16.5. The van der Waals surface area contributed by atoms with Crippen molar-refractivity contribution < 1.29 is 23.9 Å². The van der Waals surface area contributed by atoms with Crippen LogP contribution in [0.5, 0.6) is 0 Å². The Morgan fingerprint density at radius 2 is 1.89 bits per heavy atom. The van der Waals surface area contributed by atoms with Gasteiger partial charge in [-0.3, -0.25) is 19.7 Å². The van der Waals surface area contributed by atoms with Gasteiger partial charge in [0, 0.05) is 19.2 Å². The zero-order valence-electron chi connectivity index (χ0n) is 15.5. The maximum Gasteiger partial charge on any atom is 0.321 e. The molecule has 0 spiro atoms. The molecule has 1 atom stereocenters. The Balaban J connectivity index is 1.95. The summed E-state index contributed by atoms with van der Waals surface area (Å²) in [4.78, 5) is 48.7. The van der Waals surface area contributed by atoms with Crippen LogP contribution in [-0.2, 0) is 19.1 Å². The molecule has 0 fully saturated rings. The number of esters is 1. The number of carbonyl (C=O) groups excluding carboxylic acids is 4. The van der Waals surface area contributed by atoms with E-state index in [0.717, 1.165) is 11.1 Å². The quantitative estimate of drug-likeness (QED) is 0.765. The van der Waals surface area contributed by atoms with E-state index in [1.807, 2.05) is 24.3 Å². The van der Waals surface area contributed by atoms with E-state index in [1.54, 1.807) is 26.1 Å². The molecule has 1 aromatic rings. The summed E-state index contributed by atoms with van der Waals surface area (Å²) in [6.45, 7) is 4.34. The van der Waals surface area contributed by atoms with E-state index in [0.29, 0.717) is 0 Å². The molecule has 0 bridgehead atoms. The summed E-state index contributed by atoms with van der Waals surface area (Å²) in [5.41, 5.74) is 1.74. The van der Waals surface area contributed by atoms with E-state index < -0.39 is 30.6 Å². The Labute approximate surface area is 157 Å². The molecule has 1 heterocycles. The average Bonchev–Trinajstić information content (AvgIpc) is 2.59. The Morgan fingerprint density at radius 1 is 1.19 bits per heavy atom. The van der Waals surface area contributed by atoms with Crippen molar-refractivity contribution in [2.45, 2.75) is 39.3 Å². The molecular formula is C19H23N3O5. The fourth-order valence-electron chi connectivity index (χ4n) is 2.74. The van der Waals surface area contributed by atoms with Crippen LogP contribution in [0.3, 0.4) is 0 Å². The van der Waals surface area contributed by atoms with Crippen molar-refractivity contribution in [1.29, 1.82) is 0 Å². The molecule has 0 aromatic heterocycles. The van der Waals surface area contributed by atoms with Crippen LogP contribution in [-0.4, -0.2) is 41.4 Å². The predicted molar refractivity (Wildman–Crippen MR) is 98.1 cm³/mol. The summed E-state index contributed by atoms with van der Waals surface area (Å²) in [6.07, 6.45) is 3.33. The van der Waals surface area contributed by atoms with E-state index in [2.05, 4.69) is 10.6 Å². The van der Waals surface area contributed by atoms with Gasteiger partial charge in [0.15, 0.2) is 6.61 Å². The van der Waals surface area contributed by atoms with Crippen LogP contribution in [0.25, 0.3) is 6.08 Å². The third-order valence-corrected chi connectivity index (χ3v) is 3.87. The maximum atomic E-state index is 12.2. The average molecular weight is 373 g/mol. The lowest BCUT2D eigenvalue weighted by molar-refractivity contribution is -0.150. The van der Waals surface area contributed by atoms with Crippen LogP contribution in [0.1, 0.15) is 44.4 Å². The van der Waals surface area contributed by atoms with E-state index in [-0.39, 0.29) is 18.4 Å².